The molecule has 0 aliphatic heterocycles. The van der Waals surface area contributed by atoms with Crippen LogP contribution in [0.3, 0.4) is 0 Å². The zero-order chi connectivity index (χ0) is 20.4. The molecule has 0 atom stereocenters. The van der Waals surface area contributed by atoms with Crippen LogP contribution in [0.4, 0.5) is 11.6 Å². The van der Waals surface area contributed by atoms with E-state index in [1.54, 1.807) is 30.3 Å². The monoisotopic (exact) mass is 388 g/mol. The first kappa shape index (κ1) is 18.5. The van der Waals surface area contributed by atoms with Gasteiger partial charge in [-0.25, -0.2) is 4.98 Å². The summed E-state index contributed by atoms with van der Waals surface area (Å²) < 4.78 is 7.06. The highest BCUT2D eigenvalue weighted by atomic mass is 16.3. The average molecular weight is 388 g/mol. The molecule has 7 heteroatoms. The van der Waals surface area contributed by atoms with Gasteiger partial charge in [0.25, 0.3) is 11.8 Å². The molecule has 2 aromatic heterocycles. The lowest BCUT2D eigenvalue weighted by Gasteiger charge is -2.11. The van der Waals surface area contributed by atoms with E-state index in [2.05, 4.69) is 15.6 Å². The van der Waals surface area contributed by atoms with Crippen LogP contribution in [0.15, 0.2) is 65.3 Å². The lowest BCUT2D eigenvalue weighted by atomic mass is 10.1. The molecular formula is C22H20N4O3. The first-order valence-electron chi connectivity index (χ1n) is 9.29. The number of nitrogens with one attached hydrogen (secondary N) is 2. The van der Waals surface area contributed by atoms with E-state index in [0.717, 1.165) is 16.6 Å². The quantitative estimate of drug-likeness (QED) is 0.528. The van der Waals surface area contributed by atoms with Crippen molar-refractivity contribution in [3.05, 3.63) is 77.7 Å². The van der Waals surface area contributed by atoms with E-state index in [0.29, 0.717) is 23.7 Å². The molecule has 146 valence electrons. The Morgan fingerprint density at radius 2 is 1.86 bits per heavy atom. The number of imidazole rings is 1. The summed E-state index contributed by atoms with van der Waals surface area (Å²) in [5.41, 5.74) is 3.57. The lowest BCUT2D eigenvalue weighted by Crippen LogP contribution is -2.17. The fourth-order valence-corrected chi connectivity index (χ4v) is 3.15. The van der Waals surface area contributed by atoms with Crippen molar-refractivity contribution in [2.45, 2.75) is 20.4 Å². The summed E-state index contributed by atoms with van der Waals surface area (Å²) in [5, 5.41) is 5.66. The smallest absolute Gasteiger partial charge is 0.291 e. The zero-order valence-corrected chi connectivity index (χ0v) is 16.1. The number of fused-ring (bicyclic) bond motifs is 1. The van der Waals surface area contributed by atoms with Crippen molar-refractivity contribution < 1.29 is 14.0 Å². The SMILES string of the molecule is CCn1c(NC(=O)c2ccc(C)c(NC(=O)c3ccco3)c2)nc2ccccc21. The summed E-state index contributed by atoms with van der Waals surface area (Å²) in [7, 11) is 0. The van der Waals surface area contributed by atoms with Crippen LogP contribution in [0.5, 0.6) is 0 Å². The molecule has 0 spiro atoms. The maximum Gasteiger partial charge on any atom is 0.291 e. The number of aryl methyl sites for hydroxylation is 2. The van der Waals surface area contributed by atoms with Crippen LogP contribution in [-0.4, -0.2) is 21.4 Å². The number of carbonyl (C=O) groups excluding carboxylic acids is 2. The Morgan fingerprint density at radius 1 is 1.03 bits per heavy atom. The number of benzene rings is 2. The number of para-hydroxylation sites is 2. The molecule has 0 bridgehead atoms. The van der Waals surface area contributed by atoms with Gasteiger partial charge in [0.15, 0.2) is 5.76 Å². The van der Waals surface area contributed by atoms with Gasteiger partial charge < -0.3 is 14.3 Å². The predicted molar refractivity (Wildman–Crippen MR) is 111 cm³/mol. The van der Waals surface area contributed by atoms with Gasteiger partial charge in [0.1, 0.15) is 0 Å². The number of furan rings is 1. The number of amides is 2. The van der Waals surface area contributed by atoms with E-state index in [9.17, 15) is 9.59 Å². The first-order valence-corrected chi connectivity index (χ1v) is 9.29. The summed E-state index contributed by atoms with van der Waals surface area (Å²) in [5.74, 6) is 0.0169. The summed E-state index contributed by atoms with van der Waals surface area (Å²) in [6, 6.07) is 16.1. The van der Waals surface area contributed by atoms with Crippen molar-refractivity contribution in [3.63, 3.8) is 0 Å². The van der Waals surface area contributed by atoms with Crippen LogP contribution < -0.4 is 10.6 Å². The molecule has 0 aliphatic rings. The topological polar surface area (TPSA) is 89.2 Å². The molecule has 0 saturated carbocycles. The first-order chi connectivity index (χ1) is 14.1. The molecule has 0 unspecified atom stereocenters. The average Bonchev–Trinajstić information content (AvgIpc) is 3.37. The van der Waals surface area contributed by atoms with Crippen LogP contribution in [0.2, 0.25) is 0 Å². The van der Waals surface area contributed by atoms with Crippen molar-refractivity contribution in [1.29, 1.82) is 0 Å². The van der Waals surface area contributed by atoms with Crippen LogP contribution in [0.25, 0.3) is 11.0 Å². The molecule has 2 N–H and O–H groups in total. The maximum absolute atomic E-state index is 12.8. The predicted octanol–water partition coefficient (Wildman–Crippen LogP) is 4.46. The van der Waals surface area contributed by atoms with E-state index in [1.165, 1.54) is 6.26 Å². The van der Waals surface area contributed by atoms with Crippen molar-refractivity contribution in [2.24, 2.45) is 0 Å². The highest BCUT2D eigenvalue weighted by Gasteiger charge is 2.16. The Hall–Kier alpha value is -3.87. The summed E-state index contributed by atoms with van der Waals surface area (Å²) in [4.78, 5) is 29.6. The van der Waals surface area contributed by atoms with Gasteiger partial charge in [-0.1, -0.05) is 18.2 Å². The lowest BCUT2D eigenvalue weighted by molar-refractivity contribution is 0.0993. The molecular weight excluding hydrogens is 368 g/mol. The van der Waals surface area contributed by atoms with E-state index < -0.39 is 0 Å². The second kappa shape index (κ2) is 7.63. The molecule has 29 heavy (non-hydrogen) atoms. The zero-order valence-electron chi connectivity index (χ0n) is 16.1. The number of anilines is 2. The number of nitrogens with zero attached hydrogens (tertiary/aromatic N) is 2. The van der Waals surface area contributed by atoms with Crippen LogP contribution in [0, 0.1) is 6.92 Å². The minimum absolute atomic E-state index is 0.205. The van der Waals surface area contributed by atoms with E-state index >= 15 is 0 Å². The number of hydrogen-bond donors (Lipinski definition) is 2. The molecule has 0 saturated heterocycles. The van der Waals surface area contributed by atoms with Gasteiger partial charge in [0, 0.05) is 17.8 Å². The molecule has 2 amide bonds. The number of rotatable bonds is 5. The third-order valence-corrected chi connectivity index (χ3v) is 4.69. The Bertz CT molecular complexity index is 1190. The largest absolute Gasteiger partial charge is 0.459 e. The molecule has 0 aliphatic carbocycles. The van der Waals surface area contributed by atoms with Gasteiger partial charge in [-0.05, 0) is 55.8 Å². The van der Waals surface area contributed by atoms with Gasteiger partial charge >= 0.3 is 0 Å². The van der Waals surface area contributed by atoms with Crippen molar-refractivity contribution in [1.82, 2.24) is 9.55 Å². The molecule has 2 heterocycles. The van der Waals surface area contributed by atoms with Crippen molar-refractivity contribution >= 4 is 34.5 Å². The Labute approximate surface area is 167 Å². The Balaban J connectivity index is 1.59. The summed E-state index contributed by atoms with van der Waals surface area (Å²) in [6.45, 7) is 4.53. The minimum Gasteiger partial charge on any atom is -0.459 e. The normalized spacial score (nSPS) is 10.8. The van der Waals surface area contributed by atoms with Crippen LogP contribution in [0.1, 0.15) is 33.4 Å². The Kier molecular flexibility index (Phi) is 4.87. The van der Waals surface area contributed by atoms with Gasteiger partial charge in [-0.2, -0.15) is 0 Å². The molecule has 2 aromatic carbocycles. The van der Waals surface area contributed by atoms with E-state index in [4.69, 9.17) is 4.42 Å². The number of carbonyl (C=O) groups is 2. The third kappa shape index (κ3) is 3.62. The van der Waals surface area contributed by atoms with E-state index in [1.807, 2.05) is 42.7 Å². The molecule has 4 rings (SSSR count). The molecule has 0 fully saturated rings. The fourth-order valence-electron chi connectivity index (χ4n) is 3.15. The second-order valence-electron chi connectivity index (χ2n) is 6.58. The van der Waals surface area contributed by atoms with Crippen LogP contribution in [-0.2, 0) is 6.54 Å². The van der Waals surface area contributed by atoms with Gasteiger partial charge in [0.2, 0.25) is 5.95 Å². The van der Waals surface area contributed by atoms with Crippen molar-refractivity contribution in [2.75, 3.05) is 10.6 Å². The van der Waals surface area contributed by atoms with Crippen LogP contribution >= 0.6 is 0 Å². The second-order valence-corrected chi connectivity index (χ2v) is 6.58. The Morgan fingerprint density at radius 3 is 2.62 bits per heavy atom. The van der Waals surface area contributed by atoms with Crippen molar-refractivity contribution in [3.8, 4) is 0 Å². The molecule has 0 radical (unpaired) electrons. The summed E-state index contributed by atoms with van der Waals surface area (Å²) >= 11 is 0. The molecule has 4 aromatic rings. The maximum atomic E-state index is 12.8. The highest BCUT2D eigenvalue weighted by Crippen LogP contribution is 2.22. The number of hydrogen-bond acceptors (Lipinski definition) is 4. The number of aromatic nitrogens is 2. The van der Waals surface area contributed by atoms with Gasteiger partial charge in [0.05, 0.1) is 17.3 Å². The third-order valence-electron chi connectivity index (χ3n) is 4.69. The standard InChI is InChI=1S/C22H20N4O3/c1-3-26-18-8-5-4-7-16(18)24-22(26)25-20(27)15-11-10-14(2)17(13-15)23-21(28)19-9-6-12-29-19/h4-13H,3H2,1-2H3,(H,23,28)(H,24,25,27). The highest BCUT2D eigenvalue weighted by molar-refractivity contribution is 6.07. The molecule has 7 nitrogen and oxygen atoms in total. The van der Waals surface area contributed by atoms with E-state index in [-0.39, 0.29) is 17.6 Å². The van der Waals surface area contributed by atoms with Gasteiger partial charge in [-0.15, -0.1) is 0 Å². The summed E-state index contributed by atoms with van der Waals surface area (Å²) in [6.07, 6.45) is 1.44. The van der Waals surface area contributed by atoms with Gasteiger partial charge in [-0.3, -0.25) is 14.9 Å². The minimum atomic E-state index is -0.372. The fraction of sp³-hybridized carbons (Fsp3) is 0.136.